The summed E-state index contributed by atoms with van der Waals surface area (Å²) in [7, 11) is 0. The molecule has 24 heavy (non-hydrogen) atoms. The summed E-state index contributed by atoms with van der Waals surface area (Å²) >= 11 is 0. The maximum absolute atomic E-state index is 12.3. The van der Waals surface area contributed by atoms with Crippen LogP contribution in [-0.4, -0.2) is 20.3 Å². The number of hydrogen-bond donors (Lipinski definition) is 1. The third-order valence-electron chi connectivity index (χ3n) is 3.71. The van der Waals surface area contributed by atoms with Crippen molar-refractivity contribution >= 4 is 17.2 Å². The highest BCUT2D eigenvalue weighted by atomic mass is 16.1. The summed E-state index contributed by atoms with van der Waals surface area (Å²) in [4.78, 5) is 20.9. The SMILES string of the molecule is O=C(Nc1ccccc1)c1cn2cc(-c3cccnc3)ccc2n1. The van der Waals surface area contributed by atoms with Crippen LogP contribution in [-0.2, 0) is 0 Å². The fourth-order valence-electron chi connectivity index (χ4n) is 2.52. The molecule has 1 N–H and O–H groups in total. The maximum atomic E-state index is 12.3. The Morgan fingerprint density at radius 3 is 2.58 bits per heavy atom. The van der Waals surface area contributed by atoms with E-state index < -0.39 is 0 Å². The number of rotatable bonds is 3. The zero-order chi connectivity index (χ0) is 16.4. The van der Waals surface area contributed by atoms with Gasteiger partial charge in [0.2, 0.25) is 0 Å². The van der Waals surface area contributed by atoms with Gasteiger partial charge in [0.1, 0.15) is 11.3 Å². The van der Waals surface area contributed by atoms with Crippen molar-refractivity contribution in [2.75, 3.05) is 5.32 Å². The van der Waals surface area contributed by atoms with Crippen LogP contribution in [0.1, 0.15) is 10.5 Å². The van der Waals surface area contributed by atoms with Gasteiger partial charge < -0.3 is 9.72 Å². The number of anilines is 1. The Hall–Kier alpha value is -3.47. The molecule has 1 aromatic carbocycles. The summed E-state index contributed by atoms with van der Waals surface area (Å²) in [5.74, 6) is -0.229. The van der Waals surface area contributed by atoms with Crippen LogP contribution in [0.5, 0.6) is 0 Å². The van der Waals surface area contributed by atoms with Crippen LogP contribution in [0.15, 0.2) is 79.4 Å². The lowest BCUT2D eigenvalue weighted by Crippen LogP contribution is -2.11. The molecule has 0 spiro atoms. The van der Waals surface area contributed by atoms with Gasteiger partial charge in [0, 0.05) is 36.0 Å². The summed E-state index contributed by atoms with van der Waals surface area (Å²) in [6, 6.07) is 17.1. The third kappa shape index (κ3) is 2.75. The van der Waals surface area contributed by atoms with Crippen LogP contribution in [0, 0.1) is 0 Å². The number of carbonyl (C=O) groups is 1. The van der Waals surface area contributed by atoms with Crippen LogP contribution in [0.3, 0.4) is 0 Å². The standard InChI is InChI=1S/C19H14N4O/c24-19(21-16-6-2-1-3-7-16)17-13-23-12-15(8-9-18(23)22-17)14-5-4-10-20-11-14/h1-13H,(H,21,24). The predicted octanol–water partition coefficient (Wildman–Crippen LogP) is 3.65. The second kappa shape index (κ2) is 5.96. The number of carbonyl (C=O) groups excluding carboxylic acids is 1. The number of pyridine rings is 2. The molecule has 5 heteroatoms. The van der Waals surface area contributed by atoms with Crippen LogP contribution >= 0.6 is 0 Å². The van der Waals surface area contributed by atoms with E-state index in [2.05, 4.69) is 15.3 Å². The van der Waals surface area contributed by atoms with Gasteiger partial charge in [0.25, 0.3) is 5.91 Å². The maximum Gasteiger partial charge on any atom is 0.275 e. The van der Waals surface area contributed by atoms with Crippen molar-refractivity contribution in [1.82, 2.24) is 14.4 Å². The highest BCUT2D eigenvalue weighted by Gasteiger charge is 2.11. The Bertz CT molecular complexity index is 994. The summed E-state index contributed by atoms with van der Waals surface area (Å²) < 4.78 is 1.85. The summed E-state index contributed by atoms with van der Waals surface area (Å²) in [6.45, 7) is 0. The molecule has 0 unspecified atom stereocenters. The van der Waals surface area contributed by atoms with E-state index in [1.807, 2.05) is 65.2 Å². The number of nitrogens with zero attached hydrogens (tertiary/aromatic N) is 3. The molecule has 3 aromatic heterocycles. The molecule has 0 atom stereocenters. The van der Waals surface area contributed by atoms with E-state index in [1.54, 1.807) is 18.6 Å². The lowest BCUT2D eigenvalue weighted by molar-refractivity contribution is 0.102. The molecule has 4 aromatic rings. The average molecular weight is 314 g/mol. The molecule has 0 bridgehead atoms. The zero-order valence-electron chi connectivity index (χ0n) is 12.8. The molecule has 0 saturated heterocycles. The average Bonchev–Trinajstić information content (AvgIpc) is 3.07. The van der Waals surface area contributed by atoms with Gasteiger partial charge in [-0.25, -0.2) is 4.98 Å². The normalized spacial score (nSPS) is 10.7. The largest absolute Gasteiger partial charge is 0.321 e. The van der Waals surface area contributed by atoms with Gasteiger partial charge in [0.05, 0.1) is 0 Å². The molecule has 0 aliphatic carbocycles. The number of fused-ring (bicyclic) bond motifs is 1. The van der Waals surface area contributed by atoms with Gasteiger partial charge in [-0.2, -0.15) is 0 Å². The van der Waals surface area contributed by atoms with Crippen molar-refractivity contribution in [3.8, 4) is 11.1 Å². The molecule has 0 saturated carbocycles. The predicted molar refractivity (Wildman–Crippen MR) is 92.8 cm³/mol. The lowest BCUT2D eigenvalue weighted by Gasteiger charge is -2.01. The molecular formula is C19H14N4O. The van der Waals surface area contributed by atoms with Gasteiger partial charge in [-0.05, 0) is 35.9 Å². The van der Waals surface area contributed by atoms with Crippen LogP contribution < -0.4 is 5.32 Å². The van der Waals surface area contributed by atoms with Gasteiger partial charge in [0.15, 0.2) is 0 Å². The molecular weight excluding hydrogens is 300 g/mol. The summed E-state index contributed by atoms with van der Waals surface area (Å²) in [5.41, 5.74) is 3.88. The molecule has 5 nitrogen and oxygen atoms in total. The van der Waals surface area contributed by atoms with Gasteiger partial charge in [-0.3, -0.25) is 9.78 Å². The van der Waals surface area contributed by atoms with Crippen LogP contribution in [0.2, 0.25) is 0 Å². The second-order valence-corrected chi connectivity index (χ2v) is 5.37. The van der Waals surface area contributed by atoms with E-state index in [1.165, 1.54) is 0 Å². The first kappa shape index (κ1) is 14.1. The van der Waals surface area contributed by atoms with Gasteiger partial charge in [-0.15, -0.1) is 0 Å². The monoisotopic (exact) mass is 314 g/mol. The minimum absolute atomic E-state index is 0.229. The zero-order valence-corrected chi connectivity index (χ0v) is 12.8. The quantitative estimate of drug-likeness (QED) is 0.628. The molecule has 0 radical (unpaired) electrons. The Morgan fingerprint density at radius 1 is 0.917 bits per heavy atom. The highest BCUT2D eigenvalue weighted by Crippen LogP contribution is 2.19. The van der Waals surface area contributed by atoms with Crippen LogP contribution in [0.25, 0.3) is 16.8 Å². The number of imidazole rings is 1. The van der Waals surface area contributed by atoms with Crippen molar-refractivity contribution in [3.05, 3.63) is 85.1 Å². The topological polar surface area (TPSA) is 59.3 Å². The fourth-order valence-corrected chi connectivity index (χ4v) is 2.52. The minimum Gasteiger partial charge on any atom is -0.321 e. The minimum atomic E-state index is -0.229. The van der Waals surface area contributed by atoms with E-state index in [4.69, 9.17) is 0 Å². The fraction of sp³-hybridized carbons (Fsp3) is 0. The summed E-state index contributed by atoms with van der Waals surface area (Å²) in [5, 5.41) is 2.84. The number of amides is 1. The van der Waals surface area contributed by atoms with Gasteiger partial charge >= 0.3 is 0 Å². The number of hydrogen-bond acceptors (Lipinski definition) is 3. The van der Waals surface area contributed by atoms with Crippen LogP contribution in [0.4, 0.5) is 5.69 Å². The Labute approximate surface area is 138 Å². The Balaban J connectivity index is 1.65. The van der Waals surface area contributed by atoms with Crippen molar-refractivity contribution in [1.29, 1.82) is 0 Å². The van der Waals surface area contributed by atoms with Crippen molar-refractivity contribution < 1.29 is 4.79 Å². The van der Waals surface area contributed by atoms with Crippen molar-refractivity contribution in [2.24, 2.45) is 0 Å². The van der Waals surface area contributed by atoms with E-state index in [0.717, 1.165) is 22.5 Å². The van der Waals surface area contributed by atoms with E-state index in [-0.39, 0.29) is 5.91 Å². The summed E-state index contributed by atoms with van der Waals surface area (Å²) in [6.07, 6.45) is 7.22. The second-order valence-electron chi connectivity index (χ2n) is 5.37. The third-order valence-corrected chi connectivity index (χ3v) is 3.71. The number of aromatic nitrogens is 3. The number of benzene rings is 1. The number of nitrogens with one attached hydrogen (secondary N) is 1. The molecule has 0 aliphatic rings. The van der Waals surface area contributed by atoms with Crippen molar-refractivity contribution in [2.45, 2.75) is 0 Å². The molecule has 116 valence electrons. The van der Waals surface area contributed by atoms with Gasteiger partial charge in [-0.1, -0.05) is 24.3 Å². The first-order chi connectivity index (χ1) is 11.8. The smallest absolute Gasteiger partial charge is 0.275 e. The van der Waals surface area contributed by atoms with E-state index in [9.17, 15) is 4.79 Å². The first-order valence-electron chi connectivity index (χ1n) is 7.55. The highest BCUT2D eigenvalue weighted by molar-refractivity contribution is 6.03. The molecule has 0 fully saturated rings. The van der Waals surface area contributed by atoms with Crippen molar-refractivity contribution in [3.63, 3.8) is 0 Å². The van der Waals surface area contributed by atoms with E-state index >= 15 is 0 Å². The number of para-hydroxylation sites is 1. The molecule has 3 heterocycles. The first-order valence-corrected chi connectivity index (χ1v) is 7.55. The Kier molecular flexibility index (Phi) is 3.51. The lowest BCUT2D eigenvalue weighted by atomic mass is 10.1. The molecule has 1 amide bonds. The molecule has 4 rings (SSSR count). The van der Waals surface area contributed by atoms with E-state index in [0.29, 0.717) is 5.69 Å². The Morgan fingerprint density at radius 2 is 1.79 bits per heavy atom. The molecule has 0 aliphatic heterocycles.